The Morgan fingerprint density at radius 1 is 1.00 bits per heavy atom. The van der Waals surface area contributed by atoms with E-state index in [2.05, 4.69) is 0 Å². The molecule has 1 aliphatic rings. The van der Waals surface area contributed by atoms with Crippen LogP contribution in [0.25, 0.3) is 0 Å². The summed E-state index contributed by atoms with van der Waals surface area (Å²) in [4.78, 5) is 25.0. The van der Waals surface area contributed by atoms with Crippen molar-refractivity contribution < 1.29 is 28.6 Å². The molecular weight excluding hydrogens is 296 g/mol. The lowest BCUT2D eigenvalue weighted by Gasteiger charge is -2.14. The summed E-state index contributed by atoms with van der Waals surface area (Å²) in [6, 6.07) is 4.96. The number of nitrogens with zero attached hydrogens (tertiary/aromatic N) is 1. The van der Waals surface area contributed by atoms with Crippen LogP contribution >= 0.6 is 0 Å². The molecule has 0 saturated heterocycles. The molecule has 0 spiro atoms. The predicted octanol–water partition coefficient (Wildman–Crippen LogP) is 2.17. The molecule has 1 aliphatic heterocycles. The van der Waals surface area contributed by atoms with Gasteiger partial charge in [0.1, 0.15) is 11.6 Å². The number of rotatable bonds is 2. The molecule has 22 heavy (non-hydrogen) atoms. The van der Waals surface area contributed by atoms with E-state index < -0.39 is 41.5 Å². The Bertz CT molecular complexity index is 819. The first kappa shape index (κ1) is 14.0. The maximum atomic E-state index is 13.6. The van der Waals surface area contributed by atoms with Gasteiger partial charge in [-0.15, -0.1) is 0 Å². The topological polar surface area (TPSA) is 77.8 Å². The molecule has 0 saturated carbocycles. The highest BCUT2D eigenvalue weighted by Crippen LogP contribution is 2.37. The smallest absolute Gasteiger partial charge is 0.265 e. The third-order valence-electron chi connectivity index (χ3n) is 3.43. The maximum absolute atomic E-state index is 13.6. The average molecular weight is 305 g/mol. The molecule has 0 fully saturated rings. The van der Waals surface area contributed by atoms with Crippen LogP contribution in [0.1, 0.15) is 26.3 Å². The van der Waals surface area contributed by atoms with Crippen LogP contribution in [0.2, 0.25) is 0 Å². The predicted molar refractivity (Wildman–Crippen MR) is 70.3 cm³/mol. The SMILES string of the molecule is O=C1c2ccc(O)c(O)c2C(=O)N1Cc1cc(F)ccc1F. The third kappa shape index (κ3) is 1.98. The summed E-state index contributed by atoms with van der Waals surface area (Å²) in [5.41, 5.74) is -0.614. The van der Waals surface area contributed by atoms with Crippen LogP contribution in [0.4, 0.5) is 8.78 Å². The first-order valence-electron chi connectivity index (χ1n) is 6.25. The van der Waals surface area contributed by atoms with Gasteiger partial charge in [0, 0.05) is 5.56 Å². The Morgan fingerprint density at radius 3 is 2.45 bits per heavy atom. The average Bonchev–Trinajstić information content (AvgIpc) is 2.72. The number of amides is 2. The number of carbonyl (C=O) groups excluding carboxylic acids is 2. The van der Waals surface area contributed by atoms with Crippen molar-refractivity contribution in [3.05, 3.63) is 58.7 Å². The summed E-state index contributed by atoms with van der Waals surface area (Å²) in [6.45, 7) is -0.476. The van der Waals surface area contributed by atoms with Crippen molar-refractivity contribution in [2.45, 2.75) is 6.54 Å². The van der Waals surface area contributed by atoms with Crippen LogP contribution < -0.4 is 0 Å². The highest BCUT2D eigenvalue weighted by Gasteiger charge is 2.39. The van der Waals surface area contributed by atoms with Gasteiger partial charge in [-0.1, -0.05) is 0 Å². The standard InChI is InChI=1S/C15H9F2NO4/c16-8-1-3-10(17)7(5-8)6-18-14(21)9-2-4-11(19)13(20)12(9)15(18)22/h1-5,19-20H,6H2. The summed E-state index contributed by atoms with van der Waals surface area (Å²) in [7, 11) is 0. The third-order valence-corrected chi connectivity index (χ3v) is 3.43. The molecule has 0 aromatic heterocycles. The minimum absolute atomic E-state index is 0.0999. The van der Waals surface area contributed by atoms with Crippen LogP contribution in [0.3, 0.4) is 0 Å². The van der Waals surface area contributed by atoms with Gasteiger partial charge < -0.3 is 10.2 Å². The number of halogens is 2. The Morgan fingerprint density at radius 2 is 1.73 bits per heavy atom. The van der Waals surface area contributed by atoms with Crippen LogP contribution in [0.5, 0.6) is 11.5 Å². The Labute approximate surface area is 123 Å². The highest BCUT2D eigenvalue weighted by atomic mass is 19.1. The van der Waals surface area contributed by atoms with Crippen molar-refractivity contribution >= 4 is 11.8 Å². The van der Waals surface area contributed by atoms with Crippen LogP contribution in [0, 0.1) is 11.6 Å². The summed E-state index contributed by atoms with van der Waals surface area (Å²) in [6.07, 6.45) is 0. The lowest BCUT2D eigenvalue weighted by atomic mass is 10.1. The molecule has 112 valence electrons. The molecule has 2 N–H and O–H groups in total. The van der Waals surface area contributed by atoms with Crippen molar-refractivity contribution in [3.63, 3.8) is 0 Å². The van der Waals surface area contributed by atoms with Gasteiger partial charge >= 0.3 is 0 Å². The fourth-order valence-corrected chi connectivity index (χ4v) is 2.33. The van der Waals surface area contributed by atoms with Gasteiger partial charge in [-0.25, -0.2) is 8.78 Å². The molecule has 5 nitrogen and oxygen atoms in total. The molecule has 0 radical (unpaired) electrons. The van der Waals surface area contributed by atoms with E-state index in [9.17, 15) is 28.6 Å². The number of aromatic hydroxyl groups is 2. The zero-order valence-electron chi connectivity index (χ0n) is 11.0. The zero-order valence-corrected chi connectivity index (χ0v) is 11.0. The van der Waals surface area contributed by atoms with Crippen LogP contribution in [-0.2, 0) is 6.54 Å². The van der Waals surface area contributed by atoms with Gasteiger partial charge in [-0.3, -0.25) is 14.5 Å². The quantitative estimate of drug-likeness (QED) is 0.658. The molecule has 0 aliphatic carbocycles. The van der Waals surface area contributed by atoms with Crippen molar-refractivity contribution in [1.82, 2.24) is 4.90 Å². The number of hydrogen-bond acceptors (Lipinski definition) is 4. The molecular formula is C15H9F2NO4. The van der Waals surface area contributed by atoms with Gasteiger partial charge in [-0.2, -0.15) is 0 Å². The molecule has 2 aromatic carbocycles. The normalized spacial score (nSPS) is 13.6. The monoisotopic (exact) mass is 305 g/mol. The fourth-order valence-electron chi connectivity index (χ4n) is 2.33. The van der Waals surface area contributed by atoms with Gasteiger partial charge in [0.05, 0.1) is 17.7 Å². The fraction of sp³-hybridized carbons (Fsp3) is 0.0667. The number of carbonyl (C=O) groups is 2. The van der Waals surface area contributed by atoms with Crippen LogP contribution in [0.15, 0.2) is 30.3 Å². The van der Waals surface area contributed by atoms with E-state index in [0.717, 1.165) is 24.3 Å². The second kappa shape index (κ2) is 4.80. The molecule has 0 unspecified atom stereocenters. The summed E-state index contributed by atoms with van der Waals surface area (Å²) < 4.78 is 26.8. The minimum atomic E-state index is -0.878. The lowest BCUT2D eigenvalue weighted by Crippen LogP contribution is -2.29. The first-order valence-corrected chi connectivity index (χ1v) is 6.25. The van der Waals surface area contributed by atoms with E-state index in [1.165, 1.54) is 6.07 Å². The van der Waals surface area contributed by atoms with Gasteiger partial charge in [0.15, 0.2) is 11.5 Å². The summed E-state index contributed by atoms with van der Waals surface area (Å²) in [5.74, 6) is -4.34. The summed E-state index contributed by atoms with van der Waals surface area (Å²) >= 11 is 0. The lowest BCUT2D eigenvalue weighted by molar-refractivity contribution is 0.0640. The minimum Gasteiger partial charge on any atom is -0.504 e. The van der Waals surface area contributed by atoms with E-state index in [1.807, 2.05) is 0 Å². The van der Waals surface area contributed by atoms with Gasteiger partial charge in [0.2, 0.25) is 0 Å². The van der Waals surface area contributed by atoms with E-state index in [0.29, 0.717) is 4.90 Å². The molecule has 0 bridgehead atoms. The van der Waals surface area contributed by atoms with Crippen molar-refractivity contribution in [2.24, 2.45) is 0 Å². The van der Waals surface area contributed by atoms with Crippen molar-refractivity contribution in [3.8, 4) is 11.5 Å². The second-order valence-corrected chi connectivity index (χ2v) is 4.79. The largest absolute Gasteiger partial charge is 0.504 e. The van der Waals surface area contributed by atoms with Crippen molar-refractivity contribution in [1.29, 1.82) is 0 Å². The number of imide groups is 1. The van der Waals surface area contributed by atoms with E-state index >= 15 is 0 Å². The molecule has 1 heterocycles. The summed E-state index contributed by atoms with van der Waals surface area (Å²) in [5, 5.41) is 19.1. The number of phenolic OH excluding ortho intramolecular Hbond substituents is 2. The maximum Gasteiger partial charge on any atom is 0.265 e. The number of phenols is 2. The Balaban J connectivity index is 2.01. The molecule has 0 atom stereocenters. The first-order chi connectivity index (χ1) is 10.4. The van der Waals surface area contributed by atoms with E-state index in [4.69, 9.17) is 0 Å². The van der Waals surface area contributed by atoms with E-state index in [1.54, 1.807) is 0 Å². The molecule has 2 amide bonds. The Kier molecular flexibility index (Phi) is 3.05. The second-order valence-electron chi connectivity index (χ2n) is 4.79. The number of benzene rings is 2. The van der Waals surface area contributed by atoms with Crippen LogP contribution in [-0.4, -0.2) is 26.9 Å². The van der Waals surface area contributed by atoms with E-state index in [-0.39, 0.29) is 16.7 Å². The highest BCUT2D eigenvalue weighted by molar-refractivity contribution is 6.22. The zero-order chi connectivity index (χ0) is 16.0. The number of fused-ring (bicyclic) bond motifs is 1. The van der Waals surface area contributed by atoms with Gasteiger partial charge in [0.25, 0.3) is 11.8 Å². The van der Waals surface area contributed by atoms with Gasteiger partial charge in [-0.05, 0) is 30.3 Å². The Hall–Kier alpha value is -2.96. The molecule has 3 rings (SSSR count). The molecule has 7 heteroatoms. The van der Waals surface area contributed by atoms with Crippen molar-refractivity contribution in [2.75, 3.05) is 0 Å². The number of hydrogen-bond donors (Lipinski definition) is 2. The molecule has 2 aromatic rings.